The van der Waals surface area contributed by atoms with Crippen LogP contribution in [-0.2, 0) is 5.75 Å². The van der Waals surface area contributed by atoms with E-state index in [0.29, 0.717) is 11.0 Å². The summed E-state index contributed by atoms with van der Waals surface area (Å²) in [5.41, 5.74) is 2.00. The van der Waals surface area contributed by atoms with Crippen LogP contribution in [-0.4, -0.2) is 10.4 Å². The van der Waals surface area contributed by atoms with Crippen molar-refractivity contribution < 1.29 is 5.11 Å². The van der Waals surface area contributed by atoms with Gasteiger partial charge in [-0.25, -0.2) is 0 Å². The summed E-state index contributed by atoms with van der Waals surface area (Å²) in [5.74, 6) is 1.35. The molecule has 0 saturated carbocycles. The van der Waals surface area contributed by atoms with Crippen molar-refractivity contribution in [1.82, 2.24) is 0 Å². The highest BCUT2D eigenvalue weighted by molar-refractivity contribution is 7.99. The Bertz CT molecular complexity index is 281. The molecular formula is C11H16OS. The lowest BCUT2D eigenvalue weighted by Gasteiger charge is -2.08. The first-order chi connectivity index (χ1) is 6.11. The fourth-order valence-corrected chi connectivity index (χ4v) is 1.84. The van der Waals surface area contributed by atoms with Gasteiger partial charge in [-0.15, -0.1) is 0 Å². The maximum Gasteiger partial charge on any atom is 0.122 e. The van der Waals surface area contributed by atoms with E-state index >= 15 is 0 Å². The molecule has 0 heterocycles. The molecule has 0 fully saturated rings. The molecule has 2 heteroatoms. The summed E-state index contributed by atoms with van der Waals surface area (Å²) in [7, 11) is 0. The molecule has 0 aromatic heterocycles. The molecule has 0 aliphatic heterocycles. The van der Waals surface area contributed by atoms with E-state index in [4.69, 9.17) is 0 Å². The Balaban J connectivity index is 2.71. The molecule has 0 aliphatic carbocycles. The van der Waals surface area contributed by atoms with E-state index in [1.807, 2.05) is 36.9 Å². The van der Waals surface area contributed by atoms with Gasteiger partial charge in [-0.3, -0.25) is 0 Å². The van der Waals surface area contributed by atoms with Gasteiger partial charge in [-0.1, -0.05) is 32.0 Å². The molecule has 0 atom stereocenters. The fourth-order valence-electron chi connectivity index (χ4n) is 1.09. The number of aromatic hydroxyl groups is 1. The minimum absolute atomic E-state index is 0.454. The van der Waals surface area contributed by atoms with Gasteiger partial charge < -0.3 is 5.11 Å². The third-order valence-corrected chi connectivity index (χ3v) is 3.04. The monoisotopic (exact) mass is 196 g/mol. The minimum Gasteiger partial charge on any atom is -0.507 e. The number of hydrogen-bond acceptors (Lipinski definition) is 2. The van der Waals surface area contributed by atoms with Crippen LogP contribution >= 0.6 is 11.8 Å². The summed E-state index contributed by atoms with van der Waals surface area (Å²) in [4.78, 5) is 0. The van der Waals surface area contributed by atoms with E-state index in [0.717, 1.165) is 16.9 Å². The molecule has 0 aliphatic rings. The van der Waals surface area contributed by atoms with Crippen molar-refractivity contribution in [3.05, 3.63) is 29.3 Å². The van der Waals surface area contributed by atoms with E-state index in [-0.39, 0.29) is 0 Å². The molecule has 0 bridgehead atoms. The largest absolute Gasteiger partial charge is 0.507 e. The minimum atomic E-state index is 0.454. The first-order valence-electron chi connectivity index (χ1n) is 4.50. The average Bonchev–Trinajstić information content (AvgIpc) is 2.07. The van der Waals surface area contributed by atoms with Gasteiger partial charge in [-0.2, -0.15) is 11.8 Å². The van der Waals surface area contributed by atoms with Gasteiger partial charge in [0.05, 0.1) is 0 Å². The predicted octanol–water partition coefficient (Wildman–Crippen LogP) is 3.34. The zero-order valence-electron chi connectivity index (χ0n) is 8.37. The van der Waals surface area contributed by atoms with Crippen LogP contribution in [0.1, 0.15) is 25.0 Å². The Morgan fingerprint density at radius 2 is 2.08 bits per heavy atom. The highest BCUT2D eigenvalue weighted by Crippen LogP contribution is 2.26. The number of para-hydroxylation sites is 1. The number of phenols is 1. The quantitative estimate of drug-likeness (QED) is 0.800. The van der Waals surface area contributed by atoms with Gasteiger partial charge in [0.15, 0.2) is 0 Å². The molecule has 1 rings (SSSR count). The molecule has 1 aromatic carbocycles. The number of phenolic OH excluding ortho intramolecular Hbond substituents is 1. The first kappa shape index (κ1) is 10.5. The number of thioether (sulfide) groups is 1. The summed E-state index contributed by atoms with van der Waals surface area (Å²) in [6.07, 6.45) is 0. The Labute approximate surface area is 84.2 Å². The smallest absolute Gasteiger partial charge is 0.122 e. The lowest BCUT2D eigenvalue weighted by molar-refractivity contribution is 0.466. The van der Waals surface area contributed by atoms with Crippen molar-refractivity contribution in [2.24, 2.45) is 0 Å². The van der Waals surface area contributed by atoms with Crippen molar-refractivity contribution in [2.75, 3.05) is 0 Å². The molecule has 1 nitrogen and oxygen atoms in total. The second kappa shape index (κ2) is 4.56. The van der Waals surface area contributed by atoms with Crippen LogP contribution in [0.25, 0.3) is 0 Å². The summed E-state index contributed by atoms with van der Waals surface area (Å²) >= 11 is 1.85. The number of aryl methyl sites for hydroxylation is 1. The summed E-state index contributed by atoms with van der Waals surface area (Å²) < 4.78 is 0. The fraction of sp³-hybridized carbons (Fsp3) is 0.455. The highest BCUT2D eigenvalue weighted by Gasteiger charge is 2.04. The van der Waals surface area contributed by atoms with Crippen LogP contribution in [0.4, 0.5) is 0 Å². The van der Waals surface area contributed by atoms with Crippen LogP contribution in [0, 0.1) is 6.92 Å². The topological polar surface area (TPSA) is 20.2 Å². The zero-order chi connectivity index (χ0) is 9.84. The van der Waals surface area contributed by atoms with E-state index in [1.54, 1.807) is 0 Å². The van der Waals surface area contributed by atoms with Crippen LogP contribution < -0.4 is 0 Å². The lowest BCUT2D eigenvalue weighted by Crippen LogP contribution is -1.90. The molecule has 13 heavy (non-hydrogen) atoms. The molecule has 72 valence electrons. The van der Waals surface area contributed by atoms with Crippen LogP contribution in [0.5, 0.6) is 5.75 Å². The normalized spacial score (nSPS) is 10.8. The van der Waals surface area contributed by atoms with Crippen LogP contribution in [0.15, 0.2) is 18.2 Å². The van der Waals surface area contributed by atoms with Gasteiger partial charge in [0.25, 0.3) is 0 Å². The molecule has 0 radical (unpaired) electrons. The standard InChI is InChI=1S/C11H16OS/c1-8(2)13-7-10-6-4-5-9(3)11(10)12/h4-6,8,12H,7H2,1-3H3. The first-order valence-corrected chi connectivity index (χ1v) is 5.55. The zero-order valence-corrected chi connectivity index (χ0v) is 9.19. The van der Waals surface area contributed by atoms with Gasteiger partial charge in [0.2, 0.25) is 0 Å². The third kappa shape index (κ3) is 2.96. The summed E-state index contributed by atoms with van der Waals surface area (Å²) in [5, 5.41) is 10.3. The molecule has 0 amide bonds. The van der Waals surface area contributed by atoms with Crippen molar-refractivity contribution >= 4 is 11.8 Å². The van der Waals surface area contributed by atoms with Gasteiger partial charge in [-0.05, 0) is 17.7 Å². The lowest BCUT2D eigenvalue weighted by atomic mass is 10.1. The Morgan fingerprint density at radius 3 is 2.69 bits per heavy atom. The van der Waals surface area contributed by atoms with Crippen LogP contribution in [0.2, 0.25) is 0 Å². The van der Waals surface area contributed by atoms with E-state index in [1.165, 1.54) is 0 Å². The maximum absolute atomic E-state index is 9.70. The summed E-state index contributed by atoms with van der Waals surface area (Å²) in [6, 6.07) is 5.90. The Kier molecular flexibility index (Phi) is 3.67. The molecule has 0 saturated heterocycles. The van der Waals surface area contributed by atoms with E-state index < -0.39 is 0 Å². The SMILES string of the molecule is Cc1cccc(CSC(C)C)c1O. The molecule has 0 unspecified atom stereocenters. The molecule has 1 N–H and O–H groups in total. The third-order valence-electron chi connectivity index (χ3n) is 1.89. The maximum atomic E-state index is 9.70. The number of benzene rings is 1. The highest BCUT2D eigenvalue weighted by atomic mass is 32.2. The van der Waals surface area contributed by atoms with Crippen molar-refractivity contribution in [2.45, 2.75) is 31.8 Å². The van der Waals surface area contributed by atoms with E-state index in [9.17, 15) is 5.11 Å². The summed E-state index contributed by atoms with van der Waals surface area (Å²) in [6.45, 7) is 6.26. The number of hydrogen-bond donors (Lipinski definition) is 1. The van der Waals surface area contributed by atoms with Gasteiger partial charge in [0.1, 0.15) is 5.75 Å². The second-order valence-electron chi connectivity index (χ2n) is 3.44. The number of rotatable bonds is 3. The second-order valence-corrected chi connectivity index (χ2v) is 5.01. The predicted molar refractivity (Wildman–Crippen MR) is 59.3 cm³/mol. The molecule has 0 spiro atoms. The Hall–Kier alpha value is -0.630. The van der Waals surface area contributed by atoms with E-state index in [2.05, 4.69) is 13.8 Å². The average molecular weight is 196 g/mol. The molecule has 1 aromatic rings. The van der Waals surface area contributed by atoms with Gasteiger partial charge in [0, 0.05) is 11.3 Å². The van der Waals surface area contributed by atoms with Crippen molar-refractivity contribution in [3.63, 3.8) is 0 Å². The van der Waals surface area contributed by atoms with Crippen LogP contribution in [0.3, 0.4) is 0 Å². The Morgan fingerprint density at radius 1 is 1.38 bits per heavy atom. The molecular weight excluding hydrogens is 180 g/mol. The van der Waals surface area contributed by atoms with Gasteiger partial charge >= 0.3 is 0 Å². The van der Waals surface area contributed by atoms with Crippen molar-refractivity contribution in [3.8, 4) is 5.75 Å². The van der Waals surface area contributed by atoms with Crippen molar-refractivity contribution in [1.29, 1.82) is 0 Å².